The lowest BCUT2D eigenvalue weighted by atomic mass is 10.1. The molecular formula is C10H16N2O2. The first kappa shape index (κ1) is 9.52. The summed E-state index contributed by atoms with van der Waals surface area (Å²) in [5.74, 6) is 0.905. The summed E-state index contributed by atoms with van der Waals surface area (Å²) in [5, 5.41) is 4.28. The molecular weight excluding hydrogens is 180 g/mol. The fraction of sp³-hybridized carbons (Fsp3) is 0.700. The van der Waals surface area contributed by atoms with E-state index in [2.05, 4.69) is 12.0 Å². The Morgan fingerprint density at radius 3 is 3.14 bits per heavy atom. The normalized spacial score (nSPS) is 25.6. The number of nitrogens with zero attached hydrogens (tertiary/aromatic N) is 2. The van der Waals surface area contributed by atoms with E-state index in [1.807, 2.05) is 17.8 Å². The van der Waals surface area contributed by atoms with Crippen molar-refractivity contribution >= 4 is 0 Å². The zero-order valence-electron chi connectivity index (χ0n) is 8.91. The number of rotatable bonds is 2. The van der Waals surface area contributed by atoms with Crippen LogP contribution >= 0.6 is 0 Å². The second kappa shape index (κ2) is 3.28. The number of hydrogen-bond acceptors (Lipinski definition) is 3. The van der Waals surface area contributed by atoms with Gasteiger partial charge in [-0.15, -0.1) is 0 Å². The summed E-state index contributed by atoms with van der Waals surface area (Å²) in [6.45, 7) is 5.50. The van der Waals surface area contributed by atoms with Crippen LogP contribution in [0.3, 0.4) is 0 Å². The van der Waals surface area contributed by atoms with Crippen LogP contribution in [0.5, 0.6) is 5.88 Å². The lowest BCUT2D eigenvalue weighted by Gasteiger charge is -2.32. The van der Waals surface area contributed by atoms with E-state index in [9.17, 15) is 0 Å². The van der Waals surface area contributed by atoms with Crippen LogP contribution in [0.25, 0.3) is 0 Å². The minimum absolute atomic E-state index is 0.246. The van der Waals surface area contributed by atoms with E-state index in [-0.39, 0.29) is 5.60 Å². The largest absolute Gasteiger partial charge is 0.474 e. The van der Waals surface area contributed by atoms with Gasteiger partial charge in [0, 0.05) is 12.7 Å². The predicted molar refractivity (Wildman–Crippen MR) is 52.5 cm³/mol. The Labute approximate surface area is 83.8 Å². The average molecular weight is 196 g/mol. The molecule has 14 heavy (non-hydrogen) atoms. The number of fused-ring (bicyclic) bond motifs is 1. The fourth-order valence-corrected chi connectivity index (χ4v) is 1.64. The van der Waals surface area contributed by atoms with E-state index in [4.69, 9.17) is 9.47 Å². The molecule has 0 saturated heterocycles. The molecule has 1 atom stereocenters. The molecule has 0 spiro atoms. The van der Waals surface area contributed by atoms with Crippen LogP contribution in [0.15, 0.2) is 6.20 Å². The van der Waals surface area contributed by atoms with Crippen molar-refractivity contribution in [3.05, 3.63) is 11.8 Å². The van der Waals surface area contributed by atoms with Gasteiger partial charge in [-0.3, -0.25) is 0 Å². The van der Waals surface area contributed by atoms with Gasteiger partial charge in [0.15, 0.2) is 0 Å². The third-order valence-electron chi connectivity index (χ3n) is 2.73. The molecule has 1 aliphatic heterocycles. The van der Waals surface area contributed by atoms with Crippen LogP contribution in [0.4, 0.5) is 0 Å². The fourth-order valence-electron chi connectivity index (χ4n) is 1.64. The van der Waals surface area contributed by atoms with Crippen LogP contribution in [0.1, 0.15) is 19.4 Å². The number of ether oxygens (including phenoxy) is 2. The number of methoxy groups -OCH3 is 1. The monoisotopic (exact) mass is 196 g/mol. The molecule has 4 heteroatoms. The van der Waals surface area contributed by atoms with Crippen molar-refractivity contribution in [1.29, 1.82) is 0 Å². The SMILES string of the molecule is CCc1cnn2c1OCC(C)(OC)C2. The first-order chi connectivity index (χ1) is 6.68. The molecule has 2 heterocycles. The Morgan fingerprint density at radius 2 is 2.50 bits per heavy atom. The Bertz CT molecular complexity index is 335. The summed E-state index contributed by atoms with van der Waals surface area (Å²) in [5.41, 5.74) is 0.924. The van der Waals surface area contributed by atoms with Crippen molar-refractivity contribution in [2.75, 3.05) is 13.7 Å². The minimum atomic E-state index is -0.246. The van der Waals surface area contributed by atoms with Gasteiger partial charge in [0.2, 0.25) is 5.88 Å². The highest BCUT2D eigenvalue weighted by Crippen LogP contribution is 2.27. The standard InChI is InChI=1S/C10H16N2O2/c1-4-8-5-11-12-6-10(2,13-3)7-14-9(8)12/h5H,4,6-7H2,1-3H3. The molecule has 2 rings (SSSR count). The number of aryl methyl sites for hydroxylation is 1. The second-order valence-electron chi connectivity index (χ2n) is 3.93. The smallest absolute Gasteiger partial charge is 0.215 e. The molecule has 0 bridgehead atoms. The average Bonchev–Trinajstić information content (AvgIpc) is 2.59. The summed E-state index contributed by atoms with van der Waals surface area (Å²) in [6.07, 6.45) is 2.83. The molecule has 78 valence electrons. The van der Waals surface area contributed by atoms with Crippen molar-refractivity contribution in [3.63, 3.8) is 0 Å². The van der Waals surface area contributed by atoms with Crippen molar-refractivity contribution in [2.45, 2.75) is 32.4 Å². The highest BCUT2D eigenvalue weighted by atomic mass is 16.5. The topological polar surface area (TPSA) is 36.3 Å². The van der Waals surface area contributed by atoms with Gasteiger partial charge < -0.3 is 9.47 Å². The van der Waals surface area contributed by atoms with Crippen molar-refractivity contribution in [1.82, 2.24) is 9.78 Å². The molecule has 0 aliphatic carbocycles. The van der Waals surface area contributed by atoms with E-state index < -0.39 is 0 Å². The van der Waals surface area contributed by atoms with Gasteiger partial charge in [0.1, 0.15) is 12.2 Å². The highest BCUT2D eigenvalue weighted by Gasteiger charge is 2.32. The third kappa shape index (κ3) is 1.39. The number of aromatic nitrogens is 2. The van der Waals surface area contributed by atoms with Crippen LogP contribution in [-0.2, 0) is 17.7 Å². The van der Waals surface area contributed by atoms with Crippen molar-refractivity contribution in [3.8, 4) is 5.88 Å². The quantitative estimate of drug-likeness (QED) is 0.714. The lowest BCUT2D eigenvalue weighted by molar-refractivity contribution is -0.0647. The molecule has 1 aliphatic rings. The van der Waals surface area contributed by atoms with Crippen LogP contribution < -0.4 is 4.74 Å². The van der Waals surface area contributed by atoms with E-state index in [1.165, 1.54) is 5.56 Å². The predicted octanol–water partition coefficient (Wildman–Crippen LogP) is 1.24. The van der Waals surface area contributed by atoms with Gasteiger partial charge in [0.25, 0.3) is 0 Å². The Balaban J connectivity index is 2.28. The second-order valence-corrected chi connectivity index (χ2v) is 3.93. The summed E-state index contributed by atoms with van der Waals surface area (Å²) in [4.78, 5) is 0. The third-order valence-corrected chi connectivity index (χ3v) is 2.73. The zero-order chi connectivity index (χ0) is 10.2. The van der Waals surface area contributed by atoms with Gasteiger partial charge in [-0.2, -0.15) is 5.10 Å². The van der Waals surface area contributed by atoms with Gasteiger partial charge in [-0.25, -0.2) is 4.68 Å². The molecule has 1 unspecified atom stereocenters. The first-order valence-corrected chi connectivity index (χ1v) is 4.91. The molecule has 0 aromatic carbocycles. The van der Waals surface area contributed by atoms with Crippen molar-refractivity contribution < 1.29 is 9.47 Å². The van der Waals surface area contributed by atoms with E-state index in [0.29, 0.717) is 6.61 Å². The van der Waals surface area contributed by atoms with Crippen LogP contribution in [-0.4, -0.2) is 29.1 Å². The van der Waals surface area contributed by atoms with Gasteiger partial charge in [-0.1, -0.05) is 6.92 Å². The van der Waals surface area contributed by atoms with Crippen molar-refractivity contribution in [2.24, 2.45) is 0 Å². The zero-order valence-corrected chi connectivity index (χ0v) is 8.91. The van der Waals surface area contributed by atoms with Gasteiger partial charge in [0.05, 0.1) is 12.7 Å². The molecule has 0 N–H and O–H groups in total. The lowest BCUT2D eigenvalue weighted by Crippen LogP contribution is -2.43. The molecule has 1 aromatic heterocycles. The Kier molecular flexibility index (Phi) is 2.23. The molecule has 1 aromatic rings. The maximum absolute atomic E-state index is 5.67. The van der Waals surface area contributed by atoms with E-state index >= 15 is 0 Å². The van der Waals surface area contributed by atoms with Gasteiger partial charge in [-0.05, 0) is 13.3 Å². The number of hydrogen-bond donors (Lipinski definition) is 0. The Morgan fingerprint density at radius 1 is 1.71 bits per heavy atom. The Hall–Kier alpha value is -1.03. The van der Waals surface area contributed by atoms with Crippen LogP contribution in [0, 0.1) is 0 Å². The molecule has 0 radical (unpaired) electrons. The highest BCUT2D eigenvalue weighted by molar-refractivity contribution is 5.25. The molecule has 4 nitrogen and oxygen atoms in total. The maximum Gasteiger partial charge on any atom is 0.215 e. The molecule has 0 saturated carbocycles. The molecule has 0 amide bonds. The summed E-state index contributed by atoms with van der Waals surface area (Å²) >= 11 is 0. The van der Waals surface area contributed by atoms with Gasteiger partial charge >= 0.3 is 0 Å². The first-order valence-electron chi connectivity index (χ1n) is 4.91. The summed E-state index contributed by atoms with van der Waals surface area (Å²) in [7, 11) is 1.71. The minimum Gasteiger partial charge on any atom is -0.474 e. The van der Waals surface area contributed by atoms with E-state index in [0.717, 1.165) is 18.8 Å². The van der Waals surface area contributed by atoms with Crippen LogP contribution in [0.2, 0.25) is 0 Å². The summed E-state index contributed by atoms with van der Waals surface area (Å²) in [6, 6.07) is 0. The summed E-state index contributed by atoms with van der Waals surface area (Å²) < 4.78 is 12.9. The molecule has 0 fully saturated rings. The van der Waals surface area contributed by atoms with E-state index in [1.54, 1.807) is 7.11 Å². The maximum atomic E-state index is 5.67.